The highest BCUT2D eigenvalue weighted by atomic mass is 16.5. The van der Waals surface area contributed by atoms with Gasteiger partial charge in [0.05, 0.1) is 6.61 Å². The number of rotatable bonds is 7. The van der Waals surface area contributed by atoms with Crippen LogP contribution < -0.4 is 15.4 Å². The summed E-state index contributed by atoms with van der Waals surface area (Å²) < 4.78 is 5.36. The predicted octanol–water partition coefficient (Wildman–Crippen LogP) is 3.22. The minimum atomic E-state index is -0.417. The summed E-state index contributed by atoms with van der Waals surface area (Å²) in [7, 11) is 0. The van der Waals surface area contributed by atoms with Gasteiger partial charge >= 0.3 is 0 Å². The molecule has 0 atom stereocenters. The van der Waals surface area contributed by atoms with Gasteiger partial charge in [0, 0.05) is 18.4 Å². The third-order valence-electron chi connectivity index (χ3n) is 3.21. The van der Waals surface area contributed by atoms with Crippen LogP contribution in [0.25, 0.3) is 0 Å². The van der Waals surface area contributed by atoms with Crippen molar-refractivity contribution in [1.29, 1.82) is 5.26 Å². The molecule has 1 amide bonds. The van der Waals surface area contributed by atoms with E-state index in [-0.39, 0.29) is 5.57 Å². The van der Waals surface area contributed by atoms with Crippen LogP contribution in [0.3, 0.4) is 0 Å². The van der Waals surface area contributed by atoms with Crippen molar-refractivity contribution in [2.75, 3.05) is 11.9 Å². The van der Waals surface area contributed by atoms with Crippen LogP contribution in [-0.2, 0) is 11.3 Å². The van der Waals surface area contributed by atoms with Crippen molar-refractivity contribution in [3.8, 4) is 11.8 Å². The fourth-order valence-electron chi connectivity index (χ4n) is 1.99. The molecule has 0 aliphatic heterocycles. The number of ether oxygens (including phenoxy) is 1. The normalized spacial score (nSPS) is 10.6. The summed E-state index contributed by atoms with van der Waals surface area (Å²) in [5, 5.41) is 14.8. The molecule has 0 aromatic heterocycles. The Morgan fingerprint density at radius 1 is 1.17 bits per heavy atom. The van der Waals surface area contributed by atoms with E-state index in [9.17, 15) is 4.79 Å². The Hall–Kier alpha value is -3.26. The molecule has 0 aliphatic rings. The van der Waals surface area contributed by atoms with Gasteiger partial charge in [-0.1, -0.05) is 30.3 Å². The lowest BCUT2D eigenvalue weighted by atomic mass is 10.2. The van der Waals surface area contributed by atoms with E-state index in [1.54, 1.807) is 0 Å². The zero-order valence-corrected chi connectivity index (χ0v) is 13.5. The van der Waals surface area contributed by atoms with Gasteiger partial charge in [0.1, 0.15) is 17.4 Å². The third kappa shape index (κ3) is 5.18. The van der Waals surface area contributed by atoms with Crippen LogP contribution in [0.4, 0.5) is 5.69 Å². The van der Waals surface area contributed by atoms with Gasteiger partial charge < -0.3 is 15.4 Å². The monoisotopic (exact) mass is 321 g/mol. The Balaban J connectivity index is 1.93. The van der Waals surface area contributed by atoms with E-state index in [0.717, 1.165) is 17.0 Å². The molecule has 0 aliphatic carbocycles. The first kappa shape index (κ1) is 17.1. The average Bonchev–Trinajstić information content (AvgIpc) is 2.63. The zero-order valence-electron chi connectivity index (χ0n) is 13.5. The highest BCUT2D eigenvalue weighted by Crippen LogP contribution is 2.15. The fraction of sp³-hybridized carbons (Fsp3) is 0.158. The van der Waals surface area contributed by atoms with E-state index in [1.807, 2.05) is 67.6 Å². The van der Waals surface area contributed by atoms with Crippen molar-refractivity contribution in [2.45, 2.75) is 13.5 Å². The molecular formula is C19H19N3O2. The first-order valence-corrected chi connectivity index (χ1v) is 7.64. The number of carbonyl (C=O) groups excluding carboxylic acids is 1. The second-order valence-electron chi connectivity index (χ2n) is 4.94. The highest BCUT2D eigenvalue weighted by Gasteiger charge is 2.08. The standard InChI is InChI=1S/C19H19N3O2/c1-2-24-18-10-8-17(9-11-18)21-14-16(12-20)19(23)22-13-15-6-4-3-5-7-15/h3-11,14,21H,2,13H2,1H3,(H,22,23)/b16-14-. The minimum absolute atomic E-state index is 0.0137. The Morgan fingerprint density at radius 2 is 1.88 bits per heavy atom. The smallest absolute Gasteiger partial charge is 0.263 e. The lowest BCUT2D eigenvalue weighted by Gasteiger charge is -2.06. The Labute approximate surface area is 141 Å². The van der Waals surface area contributed by atoms with E-state index in [4.69, 9.17) is 10.00 Å². The van der Waals surface area contributed by atoms with Crippen molar-refractivity contribution < 1.29 is 9.53 Å². The van der Waals surface area contributed by atoms with E-state index < -0.39 is 5.91 Å². The molecule has 2 N–H and O–H groups in total. The molecule has 5 nitrogen and oxygen atoms in total. The van der Waals surface area contributed by atoms with E-state index in [0.29, 0.717) is 13.2 Å². The number of nitrogens with zero attached hydrogens (tertiary/aromatic N) is 1. The highest BCUT2D eigenvalue weighted by molar-refractivity contribution is 5.97. The summed E-state index contributed by atoms with van der Waals surface area (Å²) >= 11 is 0. The summed E-state index contributed by atoms with van der Waals surface area (Å²) in [6.45, 7) is 2.90. The maximum absolute atomic E-state index is 12.0. The summed E-state index contributed by atoms with van der Waals surface area (Å²) in [6.07, 6.45) is 1.40. The number of benzene rings is 2. The van der Waals surface area contributed by atoms with Crippen molar-refractivity contribution in [2.24, 2.45) is 0 Å². The van der Waals surface area contributed by atoms with Gasteiger partial charge in [-0.15, -0.1) is 0 Å². The van der Waals surface area contributed by atoms with Crippen molar-refractivity contribution in [3.63, 3.8) is 0 Å². The van der Waals surface area contributed by atoms with Gasteiger partial charge in [-0.3, -0.25) is 4.79 Å². The molecule has 0 fully saturated rings. The van der Waals surface area contributed by atoms with Gasteiger partial charge in [-0.25, -0.2) is 0 Å². The van der Waals surface area contributed by atoms with Gasteiger partial charge in [0.25, 0.3) is 5.91 Å². The van der Waals surface area contributed by atoms with Crippen molar-refractivity contribution in [1.82, 2.24) is 5.32 Å². The first-order chi connectivity index (χ1) is 11.7. The van der Waals surface area contributed by atoms with E-state index >= 15 is 0 Å². The molecule has 2 aromatic rings. The lowest BCUT2D eigenvalue weighted by Crippen LogP contribution is -2.24. The van der Waals surface area contributed by atoms with Crippen LogP contribution in [0.2, 0.25) is 0 Å². The maximum Gasteiger partial charge on any atom is 0.263 e. The molecular weight excluding hydrogens is 302 g/mol. The zero-order chi connectivity index (χ0) is 17.2. The average molecular weight is 321 g/mol. The fourth-order valence-corrected chi connectivity index (χ4v) is 1.99. The first-order valence-electron chi connectivity index (χ1n) is 7.64. The summed E-state index contributed by atoms with van der Waals surface area (Å²) in [5.74, 6) is 0.355. The molecule has 24 heavy (non-hydrogen) atoms. The number of amides is 1. The number of anilines is 1. The van der Waals surface area contributed by atoms with Crippen LogP contribution in [0.5, 0.6) is 5.75 Å². The van der Waals surface area contributed by atoms with Crippen LogP contribution in [0, 0.1) is 11.3 Å². The molecule has 0 spiro atoms. The summed E-state index contributed by atoms with van der Waals surface area (Å²) in [5.41, 5.74) is 1.75. The molecule has 5 heteroatoms. The van der Waals surface area contributed by atoms with Crippen LogP contribution in [0.15, 0.2) is 66.4 Å². The van der Waals surface area contributed by atoms with Crippen LogP contribution in [0.1, 0.15) is 12.5 Å². The summed E-state index contributed by atoms with van der Waals surface area (Å²) in [6, 6.07) is 18.7. The minimum Gasteiger partial charge on any atom is -0.494 e. The Bertz CT molecular complexity index is 731. The molecule has 2 rings (SSSR count). The molecule has 0 radical (unpaired) electrons. The SMILES string of the molecule is CCOc1ccc(N/C=C(/C#N)C(=O)NCc2ccccc2)cc1. The Kier molecular flexibility index (Phi) is 6.42. The molecule has 0 saturated carbocycles. The van der Waals surface area contributed by atoms with E-state index in [2.05, 4.69) is 10.6 Å². The number of hydrogen-bond acceptors (Lipinski definition) is 4. The number of nitriles is 1. The molecule has 0 bridgehead atoms. The Morgan fingerprint density at radius 3 is 2.50 bits per heavy atom. The molecule has 0 saturated heterocycles. The largest absolute Gasteiger partial charge is 0.494 e. The molecule has 0 unspecified atom stereocenters. The second-order valence-corrected chi connectivity index (χ2v) is 4.94. The quantitative estimate of drug-likeness (QED) is 0.606. The van der Waals surface area contributed by atoms with Gasteiger partial charge in [-0.2, -0.15) is 5.26 Å². The predicted molar refractivity (Wildman–Crippen MR) is 93.2 cm³/mol. The van der Waals surface area contributed by atoms with Gasteiger partial charge in [-0.05, 0) is 36.8 Å². The number of carbonyl (C=O) groups is 1. The van der Waals surface area contributed by atoms with Crippen LogP contribution >= 0.6 is 0 Å². The molecule has 122 valence electrons. The third-order valence-corrected chi connectivity index (χ3v) is 3.21. The van der Waals surface area contributed by atoms with Crippen LogP contribution in [-0.4, -0.2) is 12.5 Å². The van der Waals surface area contributed by atoms with Crippen molar-refractivity contribution in [3.05, 3.63) is 71.9 Å². The van der Waals surface area contributed by atoms with Crippen molar-refractivity contribution >= 4 is 11.6 Å². The molecule has 2 aromatic carbocycles. The maximum atomic E-state index is 12.0. The topological polar surface area (TPSA) is 74.1 Å². The number of hydrogen-bond donors (Lipinski definition) is 2. The number of nitrogens with one attached hydrogen (secondary N) is 2. The molecule has 0 heterocycles. The van der Waals surface area contributed by atoms with Gasteiger partial charge in [0.2, 0.25) is 0 Å². The van der Waals surface area contributed by atoms with E-state index in [1.165, 1.54) is 6.20 Å². The second kappa shape index (κ2) is 9.01. The van der Waals surface area contributed by atoms with Gasteiger partial charge in [0.15, 0.2) is 0 Å². The summed E-state index contributed by atoms with van der Waals surface area (Å²) in [4.78, 5) is 12.0. The lowest BCUT2D eigenvalue weighted by molar-refractivity contribution is -0.117.